The van der Waals surface area contributed by atoms with Crippen molar-refractivity contribution in [3.05, 3.63) is 66.2 Å². The normalized spacial score (nSPS) is 16.0. The van der Waals surface area contributed by atoms with Crippen LogP contribution in [0, 0.1) is 11.3 Å². The molecule has 1 amide bonds. The predicted octanol–water partition coefficient (Wildman–Crippen LogP) is 2.47. The zero-order chi connectivity index (χ0) is 17.5. The highest BCUT2D eigenvalue weighted by molar-refractivity contribution is 5.77. The smallest absolute Gasteiger partial charge is 0.260 e. The Balaban J connectivity index is 1.51. The van der Waals surface area contributed by atoms with Crippen molar-refractivity contribution >= 4 is 5.91 Å². The summed E-state index contributed by atoms with van der Waals surface area (Å²) in [5.41, 5.74) is 0.997. The van der Waals surface area contributed by atoms with Gasteiger partial charge in [0.1, 0.15) is 11.8 Å². The zero-order valence-electron chi connectivity index (χ0n) is 14.0. The number of rotatable bonds is 5. The van der Waals surface area contributed by atoms with Crippen molar-refractivity contribution < 1.29 is 9.53 Å². The van der Waals surface area contributed by atoms with Gasteiger partial charge in [0.25, 0.3) is 5.91 Å². The van der Waals surface area contributed by atoms with Crippen LogP contribution in [0.4, 0.5) is 0 Å². The lowest BCUT2D eigenvalue weighted by molar-refractivity contribution is -0.135. The van der Waals surface area contributed by atoms with Gasteiger partial charge in [-0.15, -0.1) is 0 Å². The molecule has 2 aromatic rings. The molecule has 0 radical (unpaired) electrons. The summed E-state index contributed by atoms with van der Waals surface area (Å²) >= 11 is 0. The van der Waals surface area contributed by atoms with Crippen LogP contribution in [-0.4, -0.2) is 48.5 Å². The van der Waals surface area contributed by atoms with Gasteiger partial charge >= 0.3 is 0 Å². The van der Waals surface area contributed by atoms with Gasteiger partial charge in [0.2, 0.25) is 0 Å². The monoisotopic (exact) mass is 335 g/mol. The summed E-state index contributed by atoms with van der Waals surface area (Å²) in [6, 6.07) is 21.2. The van der Waals surface area contributed by atoms with E-state index in [9.17, 15) is 10.1 Å². The molecule has 0 aromatic heterocycles. The maximum Gasteiger partial charge on any atom is 0.260 e. The average Bonchev–Trinajstić information content (AvgIpc) is 2.69. The molecule has 0 unspecified atom stereocenters. The molecule has 5 heteroatoms. The van der Waals surface area contributed by atoms with Gasteiger partial charge in [-0.1, -0.05) is 48.5 Å². The van der Waals surface area contributed by atoms with Gasteiger partial charge in [0, 0.05) is 26.2 Å². The minimum Gasteiger partial charge on any atom is -0.484 e. The summed E-state index contributed by atoms with van der Waals surface area (Å²) < 4.78 is 5.53. The second-order valence-corrected chi connectivity index (χ2v) is 5.96. The third-order valence-corrected chi connectivity index (χ3v) is 4.38. The standard InChI is InChI=1S/C20H21N3O2/c21-15-19(17-7-3-1-4-8-17)22-11-13-23(14-12-22)20(24)16-25-18-9-5-2-6-10-18/h1-10,19H,11-14,16H2/t19-/m0/s1. The van der Waals surface area contributed by atoms with E-state index in [1.54, 1.807) is 4.90 Å². The molecule has 0 bridgehead atoms. The first kappa shape index (κ1) is 17.0. The van der Waals surface area contributed by atoms with Crippen LogP contribution < -0.4 is 4.74 Å². The van der Waals surface area contributed by atoms with Crippen LogP contribution in [0.2, 0.25) is 0 Å². The zero-order valence-corrected chi connectivity index (χ0v) is 14.0. The first-order chi connectivity index (χ1) is 12.3. The highest BCUT2D eigenvalue weighted by Gasteiger charge is 2.27. The number of hydrogen-bond acceptors (Lipinski definition) is 4. The van der Waals surface area contributed by atoms with E-state index in [0.717, 1.165) is 5.56 Å². The van der Waals surface area contributed by atoms with E-state index in [2.05, 4.69) is 11.0 Å². The molecule has 1 heterocycles. The number of para-hydroxylation sites is 1. The van der Waals surface area contributed by atoms with Gasteiger partial charge < -0.3 is 9.64 Å². The van der Waals surface area contributed by atoms with Gasteiger partial charge in [-0.25, -0.2) is 0 Å². The fourth-order valence-corrected chi connectivity index (χ4v) is 2.98. The van der Waals surface area contributed by atoms with Crippen LogP contribution in [0.1, 0.15) is 11.6 Å². The molecule has 0 saturated carbocycles. The summed E-state index contributed by atoms with van der Waals surface area (Å²) in [6.45, 7) is 2.64. The topological polar surface area (TPSA) is 56.6 Å². The minimum absolute atomic E-state index is 0.0169. The fraction of sp³-hybridized carbons (Fsp3) is 0.300. The second kappa shape index (κ2) is 8.32. The van der Waals surface area contributed by atoms with Gasteiger partial charge in [-0.3, -0.25) is 9.69 Å². The van der Waals surface area contributed by atoms with Crippen LogP contribution in [0.15, 0.2) is 60.7 Å². The van der Waals surface area contributed by atoms with Crippen LogP contribution >= 0.6 is 0 Å². The van der Waals surface area contributed by atoms with E-state index in [1.807, 2.05) is 60.7 Å². The molecule has 2 aromatic carbocycles. The SMILES string of the molecule is N#C[C@@H](c1ccccc1)N1CCN(C(=O)COc2ccccc2)CC1. The lowest BCUT2D eigenvalue weighted by Crippen LogP contribution is -2.50. The molecule has 0 spiro atoms. The lowest BCUT2D eigenvalue weighted by atomic mass is 10.1. The van der Waals surface area contributed by atoms with E-state index in [0.29, 0.717) is 31.9 Å². The molecule has 1 atom stereocenters. The Morgan fingerprint density at radius 2 is 1.60 bits per heavy atom. The Hall–Kier alpha value is -2.84. The van der Waals surface area contributed by atoms with Crippen molar-refractivity contribution in [3.63, 3.8) is 0 Å². The molecule has 0 N–H and O–H groups in total. The number of hydrogen-bond donors (Lipinski definition) is 0. The molecular weight excluding hydrogens is 314 g/mol. The van der Waals surface area contributed by atoms with Crippen molar-refractivity contribution in [2.24, 2.45) is 0 Å². The first-order valence-corrected chi connectivity index (χ1v) is 8.42. The average molecular weight is 335 g/mol. The van der Waals surface area contributed by atoms with Crippen LogP contribution in [0.3, 0.4) is 0 Å². The summed E-state index contributed by atoms with van der Waals surface area (Å²) in [7, 11) is 0. The maximum absolute atomic E-state index is 12.3. The highest BCUT2D eigenvalue weighted by atomic mass is 16.5. The third-order valence-electron chi connectivity index (χ3n) is 4.38. The van der Waals surface area contributed by atoms with Crippen molar-refractivity contribution in [3.8, 4) is 11.8 Å². The summed E-state index contributed by atoms with van der Waals surface area (Å²) in [5, 5.41) is 9.52. The number of ether oxygens (including phenoxy) is 1. The Labute approximate surface area is 148 Å². The molecule has 25 heavy (non-hydrogen) atoms. The molecule has 1 aliphatic rings. The van der Waals surface area contributed by atoms with Gasteiger partial charge in [-0.05, 0) is 17.7 Å². The summed E-state index contributed by atoms with van der Waals surface area (Å²) in [5.74, 6) is 0.680. The number of carbonyl (C=O) groups excluding carboxylic acids is 1. The van der Waals surface area contributed by atoms with Gasteiger partial charge in [-0.2, -0.15) is 5.26 Å². The largest absolute Gasteiger partial charge is 0.484 e. The van der Waals surface area contributed by atoms with Crippen molar-refractivity contribution in [2.45, 2.75) is 6.04 Å². The number of nitriles is 1. The number of benzene rings is 2. The number of carbonyl (C=O) groups is 1. The molecule has 0 aliphatic carbocycles. The minimum atomic E-state index is -0.265. The third kappa shape index (κ3) is 4.37. The highest BCUT2D eigenvalue weighted by Crippen LogP contribution is 2.21. The summed E-state index contributed by atoms with van der Waals surface area (Å²) in [4.78, 5) is 16.2. The molecule has 128 valence electrons. The molecular formula is C20H21N3O2. The number of nitrogens with zero attached hydrogens (tertiary/aromatic N) is 3. The van der Waals surface area contributed by atoms with Crippen molar-refractivity contribution in [2.75, 3.05) is 32.8 Å². The van der Waals surface area contributed by atoms with Crippen LogP contribution in [0.5, 0.6) is 5.75 Å². The van der Waals surface area contributed by atoms with Crippen molar-refractivity contribution in [1.82, 2.24) is 9.80 Å². The lowest BCUT2D eigenvalue weighted by Gasteiger charge is -2.37. The quantitative estimate of drug-likeness (QED) is 0.842. The Morgan fingerprint density at radius 1 is 1.00 bits per heavy atom. The summed E-state index contributed by atoms with van der Waals surface area (Å²) in [6.07, 6.45) is 0. The van der Waals surface area contributed by atoms with E-state index in [1.165, 1.54) is 0 Å². The first-order valence-electron chi connectivity index (χ1n) is 8.42. The van der Waals surface area contributed by atoms with Gasteiger partial charge in [0.15, 0.2) is 6.61 Å². The molecule has 1 saturated heterocycles. The van der Waals surface area contributed by atoms with Crippen LogP contribution in [-0.2, 0) is 4.79 Å². The van der Waals surface area contributed by atoms with E-state index in [4.69, 9.17) is 4.74 Å². The molecule has 1 fully saturated rings. The molecule has 3 rings (SSSR count). The van der Waals surface area contributed by atoms with Crippen LogP contribution in [0.25, 0.3) is 0 Å². The Morgan fingerprint density at radius 3 is 2.20 bits per heavy atom. The Kier molecular flexibility index (Phi) is 5.65. The fourth-order valence-electron chi connectivity index (χ4n) is 2.98. The van der Waals surface area contributed by atoms with Gasteiger partial charge in [0.05, 0.1) is 6.07 Å². The van der Waals surface area contributed by atoms with Crippen molar-refractivity contribution in [1.29, 1.82) is 5.26 Å². The number of amides is 1. The van der Waals surface area contributed by atoms with E-state index >= 15 is 0 Å². The predicted molar refractivity (Wildman–Crippen MR) is 94.9 cm³/mol. The van der Waals surface area contributed by atoms with E-state index < -0.39 is 0 Å². The second-order valence-electron chi connectivity index (χ2n) is 5.96. The number of piperazine rings is 1. The van der Waals surface area contributed by atoms with E-state index in [-0.39, 0.29) is 18.6 Å². The Bertz CT molecular complexity index is 720. The molecule has 5 nitrogen and oxygen atoms in total. The molecule has 1 aliphatic heterocycles. The maximum atomic E-state index is 12.3.